The molecule has 8 heteroatoms. The van der Waals surface area contributed by atoms with Crippen molar-refractivity contribution in [1.82, 2.24) is 5.32 Å². The van der Waals surface area contributed by atoms with Crippen molar-refractivity contribution in [3.8, 4) is 0 Å². The van der Waals surface area contributed by atoms with Crippen molar-refractivity contribution in [3.05, 3.63) is 29.8 Å². The monoisotopic (exact) mass is 478 g/mol. The molecule has 0 aliphatic rings. The van der Waals surface area contributed by atoms with Crippen LogP contribution >= 0.6 is 24.0 Å². The number of aliphatic imine (C=N–C) groups is 1. The Labute approximate surface area is 173 Å². The summed E-state index contributed by atoms with van der Waals surface area (Å²) < 4.78 is 10.2. The summed E-state index contributed by atoms with van der Waals surface area (Å²) in [5.74, 6) is 0.410. The van der Waals surface area contributed by atoms with Gasteiger partial charge in [0.15, 0.2) is 5.96 Å². The molecule has 148 valence electrons. The van der Waals surface area contributed by atoms with Crippen LogP contribution in [0, 0.1) is 0 Å². The first-order chi connectivity index (χ1) is 11.7. The van der Waals surface area contributed by atoms with Crippen LogP contribution in [0.2, 0.25) is 0 Å². The number of rotatable bonds is 7. The molecule has 0 heterocycles. The highest BCUT2D eigenvalue weighted by Crippen LogP contribution is 2.13. The molecule has 1 rings (SSSR count). The van der Waals surface area contributed by atoms with E-state index in [0.717, 1.165) is 12.0 Å². The van der Waals surface area contributed by atoms with Gasteiger partial charge in [-0.1, -0.05) is 12.1 Å². The maximum Gasteiger partial charge on any atom is 0.412 e. The number of anilines is 1. The van der Waals surface area contributed by atoms with E-state index < -0.39 is 11.7 Å². The second kappa shape index (κ2) is 11.9. The lowest BCUT2D eigenvalue weighted by Crippen LogP contribution is -2.40. The largest absolute Gasteiger partial charge is 0.444 e. The molecule has 1 aromatic carbocycles. The zero-order valence-electron chi connectivity index (χ0n) is 16.2. The Kier molecular flexibility index (Phi) is 11.2. The molecule has 0 fully saturated rings. The van der Waals surface area contributed by atoms with Crippen LogP contribution < -0.4 is 16.4 Å². The molecule has 0 radical (unpaired) electrons. The van der Waals surface area contributed by atoms with Gasteiger partial charge in [-0.2, -0.15) is 0 Å². The van der Waals surface area contributed by atoms with E-state index in [1.807, 2.05) is 52.0 Å². The maximum absolute atomic E-state index is 11.7. The highest BCUT2D eigenvalue weighted by atomic mass is 127. The van der Waals surface area contributed by atoms with Crippen LogP contribution in [-0.2, 0) is 15.9 Å². The van der Waals surface area contributed by atoms with E-state index in [4.69, 9.17) is 15.2 Å². The second-order valence-electron chi connectivity index (χ2n) is 6.84. The van der Waals surface area contributed by atoms with Gasteiger partial charge >= 0.3 is 6.09 Å². The highest BCUT2D eigenvalue weighted by Gasteiger charge is 2.16. The quantitative estimate of drug-likeness (QED) is 0.318. The standard InChI is InChI=1S/C18H30N4O3.HI/c1-13(12-24-5)21-16(19)20-11-10-14-6-8-15(9-7-14)22-17(23)25-18(2,3)4;/h6-9,13H,10-12H2,1-5H3,(H,22,23)(H3,19,20,21);1H. The van der Waals surface area contributed by atoms with Crippen molar-refractivity contribution in [2.75, 3.05) is 25.6 Å². The van der Waals surface area contributed by atoms with E-state index >= 15 is 0 Å². The first-order valence-electron chi connectivity index (χ1n) is 8.34. The molecule has 0 spiro atoms. The van der Waals surface area contributed by atoms with Gasteiger partial charge in [-0.05, 0) is 51.8 Å². The first-order valence-corrected chi connectivity index (χ1v) is 8.34. The molecule has 26 heavy (non-hydrogen) atoms. The lowest BCUT2D eigenvalue weighted by molar-refractivity contribution is 0.0636. The summed E-state index contributed by atoms with van der Waals surface area (Å²) in [6.45, 7) is 8.61. The van der Waals surface area contributed by atoms with Gasteiger partial charge in [0.05, 0.1) is 6.61 Å². The average Bonchev–Trinajstić information content (AvgIpc) is 2.47. The highest BCUT2D eigenvalue weighted by molar-refractivity contribution is 14.0. The summed E-state index contributed by atoms with van der Waals surface area (Å²) in [5, 5.41) is 5.76. The third-order valence-electron chi connectivity index (χ3n) is 3.09. The second-order valence-corrected chi connectivity index (χ2v) is 6.84. The van der Waals surface area contributed by atoms with Crippen molar-refractivity contribution < 1.29 is 14.3 Å². The number of ether oxygens (including phenoxy) is 2. The molecule has 0 aromatic heterocycles. The fourth-order valence-corrected chi connectivity index (χ4v) is 2.07. The third-order valence-corrected chi connectivity index (χ3v) is 3.09. The lowest BCUT2D eigenvalue weighted by atomic mass is 10.1. The number of benzene rings is 1. The molecule has 0 aliphatic carbocycles. The molecule has 1 amide bonds. The number of nitrogens with one attached hydrogen (secondary N) is 2. The van der Waals surface area contributed by atoms with Gasteiger partial charge in [0.2, 0.25) is 0 Å². The van der Waals surface area contributed by atoms with Crippen LogP contribution in [0.1, 0.15) is 33.3 Å². The Balaban J connectivity index is 0.00000625. The van der Waals surface area contributed by atoms with Crippen molar-refractivity contribution >= 4 is 41.7 Å². The zero-order valence-corrected chi connectivity index (χ0v) is 18.5. The minimum Gasteiger partial charge on any atom is -0.444 e. The molecule has 0 bridgehead atoms. The van der Waals surface area contributed by atoms with Crippen molar-refractivity contribution in [2.45, 2.75) is 45.8 Å². The molecule has 1 unspecified atom stereocenters. The molecular weight excluding hydrogens is 447 g/mol. The summed E-state index contributed by atoms with van der Waals surface area (Å²) in [4.78, 5) is 16.0. The smallest absolute Gasteiger partial charge is 0.412 e. The Morgan fingerprint density at radius 2 is 1.88 bits per heavy atom. The number of carbonyl (C=O) groups is 1. The van der Waals surface area contributed by atoms with Crippen molar-refractivity contribution in [1.29, 1.82) is 0 Å². The van der Waals surface area contributed by atoms with Crippen LogP contribution in [0.25, 0.3) is 0 Å². The lowest BCUT2D eigenvalue weighted by Gasteiger charge is -2.19. The van der Waals surface area contributed by atoms with Gasteiger partial charge in [-0.3, -0.25) is 10.3 Å². The first kappa shape index (κ1) is 24.5. The molecule has 1 atom stereocenters. The molecular formula is C18H31IN4O3. The summed E-state index contributed by atoms with van der Waals surface area (Å²) in [6.07, 6.45) is 0.294. The fraction of sp³-hybridized carbons (Fsp3) is 0.556. The summed E-state index contributed by atoms with van der Waals surface area (Å²) in [6, 6.07) is 7.68. The number of methoxy groups -OCH3 is 1. The Morgan fingerprint density at radius 1 is 1.27 bits per heavy atom. The molecule has 0 aliphatic heterocycles. The summed E-state index contributed by atoms with van der Waals surface area (Å²) in [7, 11) is 1.65. The fourth-order valence-electron chi connectivity index (χ4n) is 2.07. The average molecular weight is 478 g/mol. The van der Waals surface area contributed by atoms with Gasteiger partial charge in [-0.25, -0.2) is 4.79 Å². The zero-order chi connectivity index (χ0) is 18.9. The van der Waals surface area contributed by atoms with Gasteiger partial charge < -0.3 is 20.5 Å². The summed E-state index contributed by atoms with van der Waals surface area (Å²) >= 11 is 0. The number of carbonyl (C=O) groups excluding carboxylic acids is 1. The number of halogens is 1. The molecule has 7 nitrogen and oxygen atoms in total. The number of nitrogens with zero attached hydrogens (tertiary/aromatic N) is 1. The molecule has 0 saturated carbocycles. The predicted molar refractivity (Wildman–Crippen MR) is 116 cm³/mol. The van der Waals surface area contributed by atoms with E-state index in [1.165, 1.54) is 0 Å². The maximum atomic E-state index is 11.7. The Bertz CT molecular complexity index is 571. The predicted octanol–water partition coefficient (Wildman–Crippen LogP) is 3.13. The van der Waals surface area contributed by atoms with Gasteiger partial charge in [-0.15, -0.1) is 24.0 Å². The van der Waals surface area contributed by atoms with Crippen LogP contribution in [0.5, 0.6) is 0 Å². The van der Waals surface area contributed by atoms with Crippen LogP contribution in [-0.4, -0.2) is 44.0 Å². The van der Waals surface area contributed by atoms with Crippen LogP contribution in [0.3, 0.4) is 0 Å². The SMILES string of the molecule is COCC(C)NC(N)=NCCc1ccc(NC(=O)OC(C)(C)C)cc1.I. The third kappa shape index (κ3) is 11.1. The van der Waals surface area contributed by atoms with Gasteiger partial charge in [0.1, 0.15) is 5.60 Å². The topological polar surface area (TPSA) is 98.0 Å². The van der Waals surface area contributed by atoms with E-state index in [0.29, 0.717) is 24.8 Å². The summed E-state index contributed by atoms with van der Waals surface area (Å²) in [5.41, 5.74) is 7.10. The minimum atomic E-state index is -0.517. The normalized spacial score (nSPS) is 12.7. The molecule has 4 N–H and O–H groups in total. The Morgan fingerprint density at radius 3 is 2.42 bits per heavy atom. The number of guanidine groups is 1. The van der Waals surface area contributed by atoms with Crippen molar-refractivity contribution in [2.24, 2.45) is 10.7 Å². The minimum absolute atomic E-state index is 0. The van der Waals surface area contributed by atoms with E-state index in [9.17, 15) is 4.79 Å². The van der Waals surface area contributed by atoms with E-state index in [1.54, 1.807) is 7.11 Å². The molecule has 0 saturated heterocycles. The number of nitrogens with two attached hydrogens (primary N) is 1. The Hall–Kier alpha value is -1.55. The van der Waals surface area contributed by atoms with E-state index in [-0.39, 0.29) is 30.0 Å². The van der Waals surface area contributed by atoms with Gasteiger partial charge in [0.25, 0.3) is 0 Å². The number of amides is 1. The molecule has 1 aromatic rings. The number of hydrogen-bond donors (Lipinski definition) is 3. The van der Waals surface area contributed by atoms with Gasteiger partial charge in [0, 0.05) is 25.4 Å². The van der Waals surface area contributed by atoms with Crippen molar-refractivity contribution in [3.63, 3.8) is 0 Å². The number of hydrogen-bond acceptors (Lipinski definition) is 4. The van der Waals surface area contributed by atoms with E-state index in [2.05, 4.69) is 15.6 Å². The van der Waals surface area contributed by atoms with Crippen LogP contribution in [0.15, 0.2) is 29.3 Å². The van der Waals surface area contributed by atoms with Crippen LogP contribution in [0.4, 0.5) is 10.5 Å².